The van der Waals surface area contributed by atoms with Crippen LogP contribution in [0.15, 0.2) is 136 Å². The molecule has 0 bridgehead atoms. The molecule has 116 heavy (non-hydrogen) atoms. The summed E-state index contributed by atoms with van der Waals surface area (Å²) >= 11 is 0. The Morgan fingerprint density at radius 1 is 0.379 bits per heavy atom. The van der Waals surface area contributed by atoms with Gasteiger partial charge in [0, 0.05) is 39.9 Å². The van der Waals surface area contributed by atoms with E-state index in [0.717, 1.165) is 27.5 Å². The summed E-state index contributed by atoms with van der Waals surface area (Å²) in [4.78, 5) is 70.2. The molecular formula is C76H96B6N10O24. The standard InChI is InChI=1S/C18H27BN2O5.C15H19BN2O4.C14H18BNO3.C12H15BN2O5.C9H9BN2O4.C8H8BNO3/c1-11(2)25-19(26-12(3)4)13-8-9-15-14(10-13)20-16(23-15)21-17(22)24-18(5,6)7;1-9(19)17-13-18-11-8-10(6-7-12(11)20-13)16-21-14(2,3)15(4,5)22-16;1-9-16-11-8-10(6-7-12(11)17-9)15-18-13(2,3)14(4,5)19-15;1-12(2,3)20-11(16)15-10-14-8-6-7(13(17)18)4-5-9(8)19-10;1-5(13)11-9-12-7-4-6(10(14)15)2-3-8(7)16-9;1-5-10-7-4-6(9(11)12)2-3-8(7)13-5/h8-12H,1-7H3,(H,20,21,22);6-8H,1-5H3,(H,17,18,19);6-8H,1-5H3;4-6,17-18H,1-3H3,(H,14,15,16);2-4,14-15H,1H3,(H,11,12,13);2-4,11-12H,1H3. The molecule has 0 atom stereocenters. The number of hydrogen-bond acceptors (Lipinski definition) is 30. The molecule has 10 N–H and O–H groups in total. The number of oxazole rings is 6. The molecule has 0 spiro atoms. The zero-order valence-corrected chi connectivity index (χ0v) is 68.7. The molecule has 0 saturated carbocycles. The first-order valence-electron chi connectivity index (χ1n) is 37.0. The summed E-state index contributed by atoms with van der Waals surface area (Å²) in [6, 6.07) is 31.1. The molecule has 2 fully saturated rings. The highest BCUT2D eigenvalue weighted by atomic mass is 16.7. The highest BCUT2D eigenvalue weighted by Gasteiger charge is 2.53. The summed E-state index contributed by atoms with van der Waals surface area (Å²) in [6.07, 6.45) is -1.27. The Morgan fingerprint density at radius 3 is 0.914 bits per heavy atom. The molecule has 2 aliphatic heterocycles. The van der Waals surface area contributed by atoms with Crippen molar-refractivity contribution < 1.29 is 113 Å². The van der Waals surface area contributed by atoms with Gasteiger partial charge in [-0.25, -0.2) is 30.2 Å². The van der Waals surface area contributed by atoms with Crippen molar-refractivity contribution >= 4 is 190 Å². The fourth-order valence-corrected chi connectivity index (χ4v) is 10.8. The summed E-state index contributed by atoms with van der Waals surface area (Å²) in [7, 11) is -5.90. The van der Waals surface area contributed by atoms with E-state index >= 15 is 0 Å². The summed E-state index contributed by atoms with van der Waals surface area (Å²) in [6.45, 7) is 41.0. The predicted molar refractivity (Wildman–Crippen MR) is 441 cm³/mol. The number of hydrogen-bond donors (Lipinski definition) is 10. The van der Waals surface area contributed by atoms with Crippen molar-refractivity contribution in [1.29, 1.82) is 0 Å². The highest BCUT2D eigenvalue weighted by molar-refractivity contribution is 6.63. The second-order valence-electron chi connectivity index (χ2n) is 31.5. The van der Waals surface area contributed by atoms with Crippen molar-refractivity contribution in [2.75, 3.05) is 21.3 Å². The van der Waals surface area contributed by atoms with E-state index in [1.54, 1.807) is 84.9 Å². The minimum absolute atomic E-state index is 0.0103. The van der Waals surface area contributed by atoms with Gasteiger partial charge in [0.15, 0.2) is 45.3 Å². The summed E-state index contributed by atoms with van der Waals surface area (Å²) < 4.78 is 78.3. The average molecular weight is 1600 g/mol. The predicted octanol–water partition coefficient (Wildman–Crippen LogP) is 8.38. The first-order chi connectivity index (χ1) is 54.0. The van der Waals surface area contributed by atoms with Gasteiger partial charge < -0.3 is 94.0 Å². The number of aromatic nitrogens is 6. The number of ether oxygens (including phenoxy) is 2. The molecule has 6 aromatic carbocycles. The molecular weight excluding hydrogens is 1500 g/mol. The molecule has 6 aromatic heterocycles. The highest BCUT2D eigenvalue weighted by Crippen LogP contribution is 2.38. The lowest BCUT2D eigenvalue weighted by Crippen LogP contribution is -2.41. The number of carbonyl (C=O) groups excluding carboxylic acids is 4. The molecule has 612 valence electrons. The Balaban J connectivity index is 0.000000161. The SMILES string of the molecule is CC(=O)Nc1nc2cc(B(O)O)ccc2o1.CC(=O)Nc1nc2cc(B3OC(C)(C)C(C)(C)O3)ccc2o1.CC(C)(C)OC(=O)Nc1nc2cc(B(O)O)ccc2o1.CC(C)OB(OC(C)C)c1ccc2oc(NC(=O)OC(C)(C)C)nc2c1.Cc1nc2cc(B(O)O)ccc2o1.Cc1nc2cc(B3OC(C)(C)C(C)(C)O3)ccc2o1. The van der Waals surface area contributed by atoms with Crippen LogP contribution >= 0.6 is 0 Å². The van der Waals surface area contributed by atoms with Crippen molar-refractivity contribution in [2.24, 2.45) is 0 Å². The monoisotopic (exact) mass is 1600 g/mol. The molecule has 8 heterocycles. The van der Waals surface area contributed by atoms with Crippen molar-refractivity contribution in [3.8, 4) is 0 Å². The van der Waals surface area contributed by atoms with E-state index < -0.39 is 70.2 Å². The van der Waals surface area contributed by atoms with Gasteiger partial charge in [-0.2, -0.15) is 19.9 Å². The molecule has 2 saturated heterocycles. The van der Waals surface area contributed by atoms with Gasteiger partial charge in [0.2, 0.25) is 11.8 Å². The number of amides is 4. The Morgan fingerprint density at radius 2 is 0.629 bits per heavy atom. The zero-order valence-electron chi connectivity index (χ0n) is 68.7. The maximum absolute atomic E-state index is 11.8. The lowest BCUT2D eigenvalue weighted by atomic mass is 9.78. The maximum atomic E-state index is 11.8. The summed E-state index contributed by atoms with van der Waals surface area (Å²) in [5, 5.41) is 63.6. The Labute approximate surface area is 670 Å². The van der Waals surface area contributed by atoms with E-state index in [-0.39, 0.29) is 71.9 Å². The fraction of sp³-hybridized carbons (Fsp3) is 0.395. The molecule has 0 aliphatic carbocycles. The fourth-order valence-electron chi connectivity index (χ4n) is 10.8. The van der Waals surface area contributed by atoms with Gasteiger partial charge in [0.25, 0.3) is 0 Å². The Hall–Kier alpha value is -10.5. The normalized spacial score (nSPS) is 14.5. The second-order valence-corrected chi connectivity index (χ2v) is 31.5. The summed E-state index contributed by atoms with van der Waals surface area (Å²) in [5.74, 6) is 0.729. The molecule has 12 aromatic rings. The van der Waals surface area contributed by atoms with Crippen LogP contribution in [0.1, 0.15) is 150 Å². The van der Waals surface area contributed by atoms with E-state index in [4.69, 9.17) is 94.0 Å². The third-order valence-corrected chi connectivity index (χ3v) is 17.5. The number of fused-ring (bicyclic) bond motifs is 6. The van der Waals surface area contributed by atoms with Gasteiger partial charge in [-0.05, 0) is 230 Å². The zero-order chi connectivity index (χ0) is 85.5. The van der Waals surface area contributed by atoms with Crippen LogP contribution in [-0.4, -0.2) is 173 Å². The van der Waals surface area contributed by atoms with Crippen LogP contribution in [0.5, 0.6) is 0 Å². The van der Waals surface area contributed by atoms with Gasteiger partial charge in [-0.15, -0.1) is 0 Å². The van der Waals surface area contributed by atoms with Crippen molar-refractivity contribution in [3.05, 3.63) is 121 Å². The van der Waals surface area contributed by atoms with Crippen LogP contribution in [-0.2, 0) is 47.0 Å². The van der Waals surface area contributed by atoms with E-state index in [1.807, 2.05) is 132 Å². The molecule has 14 rings (SSSR count). The first-order valence-corrected chi connectivity index (χ1v) is 37.0. The number of benzene rings is 6. The van der Waals surface area contributed by atoms with Gasteiger partial charge in [0.1, 0.15) is 44.3 Å². The number of nitrogens with one attached hydrogen (secondary N) is 4. The molecule has 0 unspecified atom stereocenters. The van der Waals surface area contributed by atoms with Gasteiger partial charge in [-0.1, -0.05) is 36.4 Å². The molecule has 2 aliphatic rings. The number of anilines is 4. The smallest absolute Gasteiger partial charge is 0.443 e. The molecule has 40 heteroatoms. The van der Waals surface area contributed by atoms with Gasteiger partial charge in [0.05, 0.1) is 22.4 Å². The van der Waals surface area contributed by atoms with Crippen molar-refractivity contribution in [3.63, 3.8) is 0 Å². The van der Waals surface area contributed by atoms with Gasteiger partial charge >= 0.3 is 79.0 Å². The number of carbonyl (C=O) groups is 4. The summed E-state index contributed by atoms with van der Waals surface area (Å²) in [5.41, 5.74) is 8.09. The van der Waals surface area contributed by atoms with E-state index in [0.29, 0.717) is 78.2 Å². The van der Waals surface area contributed by atoms with Crippen LogP contribution in [0.25, 0.3) is 66.6 Å². The minimum Gasteiger partial charge on any atom is -0.443 e. The second kappa shape index (κ2) is 36.4. The van der Waals surface area contributed by atoms with Crippen LogP contribution in [0.3, 0.4) is 0 Å². The number of rotatable bonds is 14. The number of nitrogens with zero attached hydrogens (tertiary/aromatic N) is 6. The van der Waals surface area contributed by atoms with E-state index in [2.05, 4.69) is 51.2 Å². The lowest BCUT2D eigenvalue weighted by Gasteiger charge is -2.32. The Bertz CT molecular complexity index is 5390. The van der Waals surface area contributed by atoms with Crippen molar-refractivity contribution in [2.45, 2.75) is 198 Å². The van der Waals surface area contributed by atoms with Crippen LogP contribution in [0.4, 0.5) is 33.6 Å². The average Bonchev–Trinajstić information content (AvgIpc) is 1.62. The number of aryl methyl sites for hydroxylation is 2. The topological polar surface area (TPSA) is 468 Å². The van der Waals surface area contributed by atoms with Crippen LogP contribution in [0, 0.1) is 13.8 Å². The van der Waals surface area contributed by atoms with E-state index in [1.165, 1.54) is 44.2 Å². The van der Waals surface area contributed by atoms with Gasteiger partial charge in [-0.3, -0.25) is 20.2 Å². The third-order valence-electron chi connectivity index (χ3n) is 17.5. The molecule has 34 nitrogen and oxygen atoms in total. The molecule has 0 radical (unpaired) electrons. The largest absolute Gasteiger partial charge is 0.494 e. The lowest BCUT2D eigenvalue weighted by molar-refractivity contribution is -0.115. The Kier molecular flexibility index (Phi) is 28.0. The quantitative estimate of drug-likeness (QED) is 0.0457. The first kappa shape index (κ1) is 89.5. The van der Waals surface area contributed by atoms with E-state index in [9.17, 15) is 19.2 Å². The van der Waals surface area contributed by atoms with Crippen LogP contribution in [0.2, 0.25) is 0 Å². The maximum Gasteiger partial charge on any atom is 0.494 e. The van der Waals surface area contributed by atoms with Crippen molar-refractivity contribution in [1.82, 2.24) is 29.9 Å². The molecule has 4 amide bonds. The minimum atomic E-state index is -1.58. The van der Waals surface area contributed by atoms with Crippen LogP contribution < -0.4 is 54.0 Å². The third kappa shape index (κ3) is 24.3.